The van der Waals surface area contributed by atoms with Crippen LogP contribution in [-0.4, -0.2) is 33.4 Å². The molecule has 3 rings (SSSR count). The van der Waals surface area contributed by atoms with Crippen LogP contribution in [0.4, 0.5) is 0 Å². The first-order chi connectivity index (χ1) is 11.2. The molecule has 0 aliphatic rings. The Balaban J connectivity index is 1.51. The highest BCUT2D eigenvalue weighted by Crippen LogP contribution is 2.22. The Morgan fingerprint density at radius 3 is 2.26 bits per heavy atom. The SMILES string of the molecule is Cc1cccc(C)c1OCCOc1ccc(-n2cnnn2)cc1. The molecule has 0 radical (unpaired) electrons. The van der Waals surface area contributed by atoms with E-state index in [1.54, 1.807) is 11.0 Å². The number of aromatic nitrogens is 4. The van der Waals surface area contributed by atoms with Crippen molar-refractivity contribution in [3.05, 3.63) is 59.9 Å². The first-order valence-corrected chi connectivity index (χ1v) is 7.39. The van der Waals surface area contributed by atoms with Crippen LogP contribution in [0.2, 0.25) is 0 Å². The molecular formula is C17H18N4O2. The van der Waals surface area contributed by atoms with Crippen LogP contribution in [0.25, 0.3) is 5.69 Å². The molecule has 0 amide bonds. The number of tetrazole rings is 1. The van der Waals surface area contributed by atoms with Gasteiger partial charge in [-0.05, 0) is 59.7 Å². The van der Waals surface area contributed by atoms with Crippen molar-refractivity contribution in [1.82, 2.24) is 20.2 Å². The topological polar surface area (TPSA) is 62.1 Å². The van der Waals surface area contributed by atoms with E-state index in [-0.39, 0.29) is 0 Å². The van der Waals surface area contributed by atoms with Crippen molar-refractivity contribution in [3.63, 3.8) is 0 Å². The lowest BCUT2D eigenvalue weighted by Crippen LogP contribution is -2.10. The number of hydrogen-bond acceptors (Lipinski definition) is 5. The van der Waals surface area contributed by atoms with Gasteiger partial charge in [0, 0.05) is 0 Å². The molecule has 0 aliphatic carbocycles. The molecule has 0 fully saturated rings. The Morgan fingerprint density at radius 1 is 0.913 bits per heavy atom. The van der Waals surface area contributed by atoms with Crippen LogP contribution in [0, 0.1) is 13.8 Å². The van der Waals surface area contributed by atoms with Crippen LogP contribution in [0.3, 0.4) is 0 Å². The molecule has 1 heterocycles. The molecule has 0 atom stereocenters. The van der Waals surface area contributed by atoms with E-state index in [9.17, 15) is 0 Å². The van der Waals surface area contributed by atoms with E-state index in [2.05, 4.69) is 15.5 Å². The zero-order valence-corrected chi connectivity index (χ0v) is 13.1. The third-order valence-electron chi connectivity index (χ3n) is 3.46. The summed E-state index contributed by atoms with van der Waals surface area (Å²) >= 11 is 0. The highest BCUT2D eigenvalue weighted by molar-refractivity contribution is 5.39. The Labute approximate surface area is 134 Å². The second kappa shape index (κ2) is 6.91. The quantitative estimate of drug-likeness (QED) is 0.655. The largest absolute Gasteiger partial charge is 0.490 e. The van der Waals surface area contributed by atoms with Gasteiger partial charge in [0.2, 0.25) is 0 Å². The molecule has 23 heavy (non-hydrogen) atoms. The zero-order valence-electron chi connectivity index (χ0n) is 13.1. The molecule has 2 aromatic carbocycles. The maximum absolute atomic E-state index is 5.82. The Kier molecular flexibility index (Phi) is 4.52. The maximum atomic E-state index is 5.82. The van der Waals surface area contributed by atoms with Gasteiger partial charge in [0.15, 0.2) is 0 Å². The van der Waals surface area contributed by atoms with Crippen LogP contribution >= 0.6 is 0 Å². The summed E-state index contributed by atoms with van der Waals surface area (Å²) in [7, 11) is 0. The summed E-state index contributed by atoms with van der Waals surface area (Å²) in [6, 6.07) is 13.7. The van der Waals surface area contributed by atoms with Crippen molar-refractivity contribution in [3.8, 4) is 17.2 Å². The summed E-state index contributed by atoms with van der Waals surface area (Å²) < 4.78 is 13.1. The second-order valence-electron chi connectivity index (χ2n) is 5.17. The average molecular weight is 310 g/mol. The monoisotopic (exact) mass is 310 g/mol. The number of nitrogens with zero attached hydrogens (tertiary/aromatic N) is 4. The molecule has 0 aliphatic heterocycles. The molecule has 3 aromatic rings. The van der Waals surface area contributed by atoms with E-state index < -0.39 is 0 Å². The van der Waals surface area contributed by atoms with Crippen molar-refractivity contribution >= 4 is 0 Å². The van der Waals surface area contributed by atoms with Gasteiger partial charge in [-0.25, -0.2) is 4.68 Å². The molecule has 0 saturated heterocycles. The smallest absolute Gasteiger partial charge is 0.143 e. The van der Waals surface area contributed by atoms with Gasteiger partial charge in [0.05, 0.1) is 5.69 Å². The summed E-state index contributed by atoms with van der Waals surface area (Å²) in [5.41, 5.74) is 3.15. The lowest BCUT2D eigenvalue weighted by atomic mass is 10.1. The van der Waals surface area contributed by atoms with Crippen molar-refractivity contribution in [1.29, 1.82) is 0 Å². The minimum absolute atomic E-state index is 0.484. The highest BCUT2D eigenvalue weighted by atomic mass is 16.5. The predicted molar refractivity (Wildman–Crippen MR) is 86.1 cm³/mol. The molecular weight excluding hydrogens is 292 g/mol. The molecule has 1 aromatic heterocycles. The average Bonchev–Trinajstić information content (AvgIpc) is 3.09. The van der Waals surface area contributed by atoms with Gasteiger partial charge in [-0.1, -0.05) is 18.2 Å². The van der Waals surface area contributed by atoms with E-state index >= 15 is 0 Å². The van der Waals surface area contributed by atoms with Gasteiger partial charge in [-0.15, -0.1) is 5.10 Å². The molecule has 0 spiro atoms. The van der Waals surface area contributed by atoms with Crippen LogP contribution < -0.4 is 9.47 Å². The van der Waals surface area contributed by atoms with Gasteiger partial charge in [0.25, 0.3) is 0 Å². The molecule has 6 nitrogen and oxygen atoms in total. The minimum Gasteiger partial charge on any atom is -0.490 e. The molecule has 0 unspecified atom stereocenters. The highest BCUT2D eigenvalue weighted by Gasteiger charge is 2.03. The van der Waals surface area contributed by atoms with Crippen molar-refractivity contribution in [2.24, 2.45) is 0 Å². The number of benzene rings is 2. The Morgan fingerprint density at radius 2 is 1.61 bits per heavy atom. The van der Waals surface area contributed by atoms with Gasteiger partial charge in [0.1, 0.15) is 31.0 Å². The molecule has 0 bridgehead atoms. The molecule has 0 saturated carbocycles. The Bertz CT molecular complexity index is 735. The lowest BCUT2D eigenvalue weighted by Gasteiger charge is -2.12. The van der Waals surface area contributed by atoms with Crippen LogP contribution in [0.1, 0.15) is 11.1 Å². The van der Waals surface area contributed by atoms with E-state index in [0.717, 1.165) is 28.3 Å². The van der Waals surface area contributed by atoms with Crippen molar-refractivity contribution in [2.75, 3.05) is 13.2 Å². The van der Waals surface area contributed by atoms with Gasteiger partial charge in [-0.2, -0.15) is 0 Å². The summed E-state index contributed by atoms with van der Waals surface area (Å²) in [4.78, 5) is 0. The number of rotatable bonds is 6. The van der Waals surface area contributed by atoms with Crippen molar-refractivity contribution in [2.45, 2.75) is 13.8 Å². The molecule has 6 heteroatoms. The first-order valence-electron chi connectivity index (χ1n) is 7.39. The first kappa shape index (κ1) is 15.0. The fourth-order valence-corrected chi connectivity index (χ4v) is 2.30. The molecule has 0 N–H and O–H groups in total. The number of para-hydroxylation sites is 1. The number of ether oxygens (including phenoxy) is 2. The Hall–Kier alpha value is -2.89. The van der Waals surface area contributed by atoms with Crippen LogP contribution in [-0.2, 0) is 0 Å². The van der Waals surface area contributed by atoms with Gasteiger partial charge in [-0.3, -0.25) is 0 Å². The minimum atomic E-state index is 0.484. The van der Waals surface area contributed by atoms with Gasteiger partial charge >= 0.3 is 0 Å². The third-order valence-corrected chi connectivity index (χ3v) is 3.46. The fraction of sp³-hybridized carbons (Fsp3) is 0.235. The number of aryl methyl sites for hydroxylation is 2. The third kappa shape index (κ3) is 3.66. The normalized spacial score (nSPS) is 10.5. The zero-order chi connectivity index (χ0) is 16.1. The van der Waals surface area contributed by atoms with E-state index in [0.29, 0.717) is 13.2 Å². The fourth-order valence-electron chi connectivity index (χ4n) is 2.30. The summed E-state index contributed by atoms with van der Waals surface area (Å²) in [6.07, 6.45) is 1.55. The summed E-state index contributed by atoms with van der Waals surface area (Å²) in [5.74, 6) is 1.72. The maximum Gasteiger partial charge on any atom is 0.143 e. The van der Waals surface area contributed by atoms with E-state index in [1.807, 2.05) is 56.3 Å². The summed E-state index contributed by atoms with van der Waals surface area (Å²) in [5, 5.41) is 11.1. The second-order valence-corrected chi connectivity index (χ2v) is 5.17. The number of hydrogen-bond donors (Lipinski definition) is 0. The van der Waals surface area contributed by atoms with Gasteiger partial charge < -0.3 is 9.47 Å². The summed E-state index contributed by atoms with van der Waals surface area (Å²) in [6.45, 7) is 5.07. The molecule has 118 valence electrons. The standard InChI is InChI=1S/C17H18N4O2/c1-13-4-3-5-14(2)17(13)23-11-10-22-16-8-6-15(7-9-16)21-12-18-19-20-21/h3-9,12H,10-11H2,1-2H3. The predicted octanol–water partition coefficient (Wildman–Crippen LogP) is 2.74. The lowest BCUT2D eigenvalue weighted by molar-refractivity contribution is 0.215. The van der Waals surface area contributed by atoms with Crippen LogP contribution in [0.5, 0.6) is 11.5 Å². The van der Waals surface area contributed by atoms with E-state index in [4.69, 9.17) is 9.47 Å². The van der Waals surface area contributed by atoms with Crippen molar-refractivity contribution < 1.29 is 9.47 Å². The van der Waals surface area contributed by atoms with Crippen LogP contribution in [0.15, 0.2) is 48.8 Å². The van der Waals surface area contributed by atoms with E-state index in [1.165, 1.54) is 0 Å².